The molecular weight excluding hydrogens is 1030 g/mol. The third-order valence-electron chi connectivity index (χ3n) is 18.6. The number of hydrogen-bond acceptors (Lipinski definition) is 13. The number of anilines is 1. The second kappa shape index (κ2) is 21.3. The average molecular weight is 1100 g/mol. The minimum absolute atomic E-state index is 0.000165. The van der Waals surface area contributed by atoms with Crippen molar-refractivity contribution in [1.29, 1.82) is 0 Å². The van der Waals surface area contributed by atoms with E-state index in [1.165, 1.54) is 27.3 Å². The first-order valence-corrected chi connectivity index (χ1v) is 28.7. The highest BCUT2D eigenvalue weighted by molar-refractivity contribution is 6.03. The molecule has 0 spiro atoms. The highest BCUT2D eigenvalue weighted by atomic mass is 19.1. The maximum absolute atomic E-state index is 17.3. The van der Waals surface area contributed by atoms with E-state index >= 15 is 13.2 Å². The summed E-state index contributed by atoms with van der Waals surface area (Å²) in [5, 5.41) is 25.8. The Kier molecular flexibility index (Phi) is 14.3. The van der Waals surface area contributed by atoms with Gasteiger partial charge in [0.25, 0.3) is 0 Å². The maximum Gasteiger partial charge on any atom is 0.409 e. The van der Waals surface area contributed by atoms with Crippen molar-refractivity contribution in [2.75, 3.05) is 70.5 Å². The summed E-state index contributed by atoms with van der Waals surface area (Å²) in [4.78, 5) is 69.6. The van der Waals surface area contributed by atoms with E-state index in [0.29, 0.717) is 94.5 Å². The first-order valence-electron chi connectivity index (χ1n) is 28.7. The van der Waals surface area contributed by atoms with Crippen molar-refractivity contribution in [2.24, 2.45) is 13.0 Å². The molecule has 2 aromatic heterocycles. The van der Waals surface area contributed by atoms with Crippen LogP contribution in [0.5, 0.6) is 11.8 Å². The van der Waals surface area contributed by atoms with Crippen LogP contribution in [0.2, 0.25) is 0 Å². The number of carbonyl (C=O) groups is 3. The van der Waals surface area contributed by atoms with E-state index in [-0.39, 0.29) is 84.9 Å². The molecule has 6 saturated heterocycles. The Morgan fingerprint density at radius 3 is 2.40 bits per heavy atom. The fraction of sp³-hybridized carbons (Fsp3) is 0.533. The number of aromatic nitrogens is 4. The number of fused-ring (bicyclic) bond motifs is 4. The number of aliphatic hydroxyl groups is 1. The van der Waals surface area contributed by atoms with Crippen LogP contribution in [-0.4, -0.2) is 145 Å². The molecule has 6 fully saturated rings. The first-order chi connectivity index (χ1) is 38.5. The van der Waals surface area contributed by atoms with Gasteiger partial charge < -0.3 is 34.4 Å². The van der Waals surface area contributed by atoms with Crippen LogP contribution in [-0.2, 0) is 27.8 Å². The standard InChI is InChI=1S/C60H70F3N9O8/c1-4-40-45(61)10-7-37-27-39(73)28-44(51(37)40)41-8-9-42-53(52(41)63)65-56(66-54(42)70-21-5-18-59(2,78)33-70)80-34-60-19-6-22-71(60)38(13-20-60)32-79-58(77)69-25-14-35(15-26-69)31-68-23-16-36(17-24-68)43-29-48-49(30-46(43)62)72(57(76)67(48)3)47-11-12-50(74)64-55(47)75/h7-10,27-30,35-36,38,47,73,78H,4-6,11-26,31-34H2,1-3H3,(H,64,74,75)/t38-,47?,59+,60-/m0/s1. The Labute approximate surface area is 461 Å². The largest absolute Gasteiger partial charge is 0.508 e. The summed E-state index contributed by atoms with van der Waals surface area (Å²) in [6.07, 6.45) is 8.25. The number of nitrogens with zero attached hydrogens (tertiary/aromatic N) is 8. The van der Waals surface area contributed by atoms with Crippen LogP contribution in [0.4, 0.5) is 23.8 Å². The highest BCUT2D eigenvalue weighted by Gasteiger charge is 2.50. The number of phenolic OH excluding ortho intramolecular Hbond substituents is 1. The summed E-state index contributed by atoms with van der Waals surface area (Å²) in [6.45, 7) is 9.47. The van der Waals surface area contributed by atoms with Gasteiger partial charge in [-0.25, -0.2) is 22.8 Å². The molecule has 424 valence electrons. The molecule has 17 nitrogen and oxygen atoms in total. The second-order valence-corrected chi connectivity index (χ2v) is 23.8. The number of benzene rings is 4. The molecule has 6 aliphatic heterocycles. The van der Waals surface area contributed by atoms with Gasteiger partial charge in [-0.15, -0.1) is 0 Å². The number of likely N-dealkylation sites (tertiary alicyclic amines) is 2. The molecule has 0 aliphatic carbocycles. The lowest BCUT2D eigenvalue weighted by atomic mass is 9.87. The molecule has 1 unspecified atom stereocenters. The monoisotopic (exact) mass is 1100 g/mol. The summed E-state index contributed by atoms with van der Waals surface area (Å²) in [5.74, 6) is -1.67. The van der Waals surface area contributed by atoms with Gasteiger partial charge in [0.15, 0.2) is 5.82 Å². The van der Waals surface area contributed by atoms with Gasteiger partial charge in [-0.2, -0.15) is 9.97 Å². The van der Waals surface area contributed by atoms with Crippen LogP contribution in [0.1, 0.15) is 114 Å². The van der Waals surface area contributed by atoms with Crippen molar-refractivity contribution in [2.45, 2.75) is 126 Å². The zero-order chi connectivity index (χ0) is 55.8. The Morgan fingerprint density at radius 2 is 1.64 bits per heavy atom. The smallest absolute Gasteiger partial charge is 0.409 e. The fourth-order valence-electron chi connectivity index (χ4n) is 14.4. The number of aryl methyl sites for hydroxylation is 2. The van der Waals surface area contributed by atoms with Gasteiger partial charge >= 0.3 is 17.8 Å². The molecule has 3 amide bonds. The Morgan fingerprint density at radius 1 is 0.850 bits per heavy atom. The zero-order valence-electron chi connectivity index (χ0n) is 45.7. The Hall–Kier alpha value is -6.77. The highest BCUT2D eigenvalue weighted by Crippen LogP contribution is 2.45. The molecule has 3 N–H and O–H groups in total. The number of hydrogen-bond donors (Lipinski definition) is 3. The van der Waals surface area contributed by atoms with E-state index < -0.39 is 40.7 Å². The number of carbonyl (C=O) groups excluding carboxylic acids is 3. The van der Waals surface area contributed by atoms with Crippen molar-refractivity contribution in [1.82, 2.24) is 39.1 Å². The summed E-state index contributed by atoms with van der Waals surface area (Å²) in [6, 6.07) is 11.6. The minimum Gasteiger partial charge on any atom is -0.508 e. The van der Waals surface area contributed by atoms with Crippen LogP contribution < -0.4 is 20.6 Å². The van der Waals surface area contributed by atoms with Gasteiger partial charge in [0.2, 0.25) is 11.8 Å². The predicted molar refractivity (Wildman–Crippen MR) is 295 cm³/mol. The van der Waals surface area contributed by atoms with E-state index in [0.717, 1.165) is 77.5 Å². The van der Waals surface area contributed by atoms with Crippen LogP contribution in [0.15, 0.2) is 53.3 Å². The van der Waals surface area contributed by atoms with Gasteiger partial charge in [-0.3, -0.25) is 28.9 Å². The normalized spacial score (nSPS) is 24.6. The van der Waals surface area contributed by atoms with Crippen molar-refractivity contribution in [3.05, 3.63) is 87.6 Å². The number of amides is 3. The molecule has 12 rings (SSSR count). The third-order valence-corrected chi connectivity index (χ3v) is 18.6. The average Bonchev–Trinajstić information content (AvgIpc) is 4.16. The number of ether oxygens (including phenoxy) is 2. The second-order valence-electron chi connectivity index (χ2n) is 23.8. The molecule has 20 heteroatoms. The molecule has 6 aliphatic rings. The summed E-state index contributed by atoms with van der Waals surface area (Å²) in [5.41, 5.74) is 0.611. The van der Waals surface area contributed by atoms with Crippen LogP contribution in [0.25, 0.3) is 43.8 Å². The van der Waals surface area contributed by atoms with Crippen LogP contribution in [0.3, 0.4) is 0 Å². The number of imidazole rings is 1. The third kappa shape index (κ3) is 9.92. The number of rotatable bonds is 12. The fourth-order valence-corrected chi connectivity index (χ4v) is 14.4. The molecule has 0 saturated carbocycles. The molecule has 8 heterocycles. The molecule has 0 bridgehead atoms. The SMILES string of the molecule is CCc1c(F)ccc2cc(O)cc(-c3ccc4c(N5CCC[C@@](C)(O)C5)nc(OC[C@@]56CCCN5[C@H](COC(=O)N5CCC(CN7CCC(c8cc9c(cc8F)n(C8CCC(=O)NC8=O)c(=O)n9C)CC7)CC5)CC6)nc4c3F)c12. The van der Waals surface area contributed by atoms with E-state index in [4.69, 9.17) is 19.4 Å². The van der Waals surface area contributed by atoms with Crippen LogP contribution in [0, 0.1) is 23.4 Å². The maximum atomic E-state index is 17.3. The lowest BCUT2D eigenvalue weighted by Gasteiger charge is -2.38. The predicted octanol–water partition coefficient (Wildman–Crippen LogP) is 8.22. The minimum atomic E-state index is -0.992. The molecule has 4 aromatic carbocycles. The van der Waals surface area contributed by atoms with Crippen molar-refractivity contribution in [3.63, 3.8) is 0 Å². The Balaban J connectivity index is 0.666. The van der Waals surface area contributed by atoms with Crippen molar-refractivity contribution < 1.29 is 47.2 Å². The molecule has 80 heavy (non-hydrogen) atoms. The molecule has 4 atom stereocenters. The Bertz CT molecular complexity index is 3500. The van der Waals surface area contributed by atoms with Crippen molar-refractivity contribution in [3.8, 4) is 22.9 Å². The van der Waals surface area contributed by atoms with Gasteiger partial charge in [0.05, 0.1) is 22.2 Å². The van der Waals surface area contributed by atoms with E-state index in [1.54, 1.807) is 44.3 Å². The topological polar surface area (TPSA) is 188 Å². The summed E-state index contributed by atoms with van der Waals surface area (Å²) in [7, 11) is 1.62. The molecule has 0 radical (unpaired) electrons. The number of halogens is 3. The summed E-state index contributed by atoms with van der Waals surface area (Å²) < 4.78 is 63.9. The number of piperidine rings is 4. The van der Waals surface area contributed by atoms with Crippen LogP contribution >= 0.6 is 0 Å². The van der Waals surface area contributed by atoms with Gasteiger partial charge in [-0.05, 0) is 173 Å². The van der Waals surface area contributed by atoms with Gasteiger partial charge in [-0.1, -0.05) is 19.1 Å². The number of aromatic hydroxyl groups is 1. The molecular formula is C60H70F3N9O8. The summed E-state index contributed by atoms with van der Waals surface area (Å²) >= 11 is 0. The number of imide groups is 1. The molecule has 6 aromatic rings. The van der Waals surface area contributed by atoms with Gasteiger partial charge in [0.1, 0.15) is 48.0 Å². The zero-order valence-corrected chi connectivity index (χ0v) is 45.7. The number of β-amino-alcohol motifs (C(OH)–C–C–N with tert-alkyl or cyclic N) is 1. The quantitative estimate of drug-likeness (QED) is 0.0996. The first kappa shape index (κ1) is 53.9. The van der Waals surface area contributed by atoms with Gasteiger partial charge in [0, 0.05) is 69.3 Å². The van der Waals surface area contributed by atoms with Crippen molar-refractivity contribution >= 4 is 56.4 Å². The lowest BCUT2D eigenvalue weighted by Crippen LogP contribution is -2.49. The van der Waals surface area contributed by atoms with E-state index in [2.05, 4.69) is 15.1 Å². The van der Waals surface area contributed by atoms with E-state index in [1.807, 2.05) is 16.7 Å². The number of nitrogens with one attached hydrogen (secondary N) is 1. The lowest BCUT2D eigenvalue weighted by molar-refractivity contribution is -0.135. The van der Waals surface area contributed by atoms with E-state index in [9.17, 15) is 29.4 Å². The number of phenols is 1.